The van der Waals surface area contributed by atoms with Gasteiger partial charge in [-0.2, -0.15) is 0 Å². The summed E-state index contributed by atoms with van der Waals surface area (Å²) in [6.07, 6.45) is 0. The van der Waals surface area contributed by atoms with Gasteiger partial charge < -0.3 is 14.8 Å². The van der Waals surface area contributed by atoms with E-state index in [1.54, 1.807) is 18.2 Å². The smallest absolute Gasteiger partial charge is 0.166 e. The Hall–Kier alpha value is -1.58. The van der Waals surface area contributed by atoms with Crippen LogP contribution >= 0.6 is 23.2 Å². The summed E-state index contributed by atoms with van der Waals surface area (Å²) in [4.78, 5) is 0. The lowest BCUT2D eigenvalue weighted by molar-refractivity contribution is 0.170. The van der Waals surface area contributed by atoms with E-state index in [0.717, 1.165) is 22.7 Å². The minimum Gasteiger partial charge on any atom is -0.486 e. The van der Waals surface area contributed by atoms with Crippen LogP contribution in [0.1, 0.15) is 5.56 Å². The van der Waals surface area contributed by atoms with Crippen LogP contribution in [-0.4, -0.2) is 13.2 Å². The number of halogens is 2. The highest BCUT2D eigenvalue weighted by Gasteiger charge is 2.15. The molecule has 0 bridgehead atoms. The van der Waals surface area contributed by atoms with Gasteiger partial charge in [-0.1, -0.05) is 35.3 Å². The molecule has 0 atom stereocenters. The predicted molar refractivity (Wildman–Crippen MR) is 81.2 cm³/mol. The Kier molecular flexibility index (Phi) is 3.90. The van der Waals surface area contributed by atoms with Crippen LogP contribution in [0.5, 0.6) is 11.5 Å². The molecule has 0 saturated carbocycles. The molecule has 20 heavy (non-hydrogen) atoms. The number of para-hydroxylation sites is 1. The van der Waals surface area contributed by atoms with Gasteiger partial charge in [0.25, 0.3) is 0 Å². The second-order valence-electron chi connectivity index (χ2n) is 4.42. The van der Waals surface area contributed by atoms with Crippen LogP contribution in [0.3, 0.4) is 0 Å². The first-order valence-electron chi connectivity index (χ1n) is 6.30. The fourth-order valence-corrected chi connectivity index (χ4v) is 2.45. The van der Waals surface area contributed by atoms with E-state index >= 15 is 0 Å². The molecule has 1 aliphatic heterocycles. The first-order valence-corrected chi connectivity index (χ1v) is 7.06. The maximum atomic E-state index is 6.13. The average molecular weight is 310 g/mol. The molecule has 3 rings (SSSR count). The first kappa shape index (κ1) is 13.4. The van der Waals surface area contributed by atoms with Gasteiger partial charge in [-0.25, -0.2) is 0 Å². The average Bonchev–Trinajstić information content (AvgIpc) is 2.48. The normalized spacial score (nSPS) is 13.1. The summed E-state index contributed by atoms with van der Waals surface area (Å²) in [5.41, 5.74) is 1.83. The molecular weight excluding hydrogens is 297 g/mol. The van der Waals surface area contributed by atoms with Crippen molar-refractivity contribution in [2.45, 2.75) is 6.54 Å². The van der Waals surface area contributed by atoms with E-state index in [0.29, 0.717) is 29.8 Å². The minimum atomic E-state index is 0.571. The number of nitrogens with one attached hydrogen (secondary N) is 1. The summed E-state index contributed by atoms with van der Waals surface area (Å²) < 4.78 is 11.2. The third-order valence-electron chi connectivity index (χ3n) is 3.05. The summed E-state index contributed by atoms with van der Waals surface area (Å²) in [5, 5.41) is 4.55. The van der Waals surface area contributed by atoms with Gasteiger partial charge >= 0.3 is 0 Å². The minimum absolute atomic E-state index is 0.571. The Morgan fingerprint density at radius 1 is 1.05 bits per heavy atom. The van der Waals surface area contributed by atoms with Crippen LogP contribution in [0.15, 0.2) is 36.4 Å². The Bertz CT molecular complexity index is 631. The lowest BCUT2D eigenvalue weighted by Crippen LogP contribution is -2.17. The van der Waals surface area contributed by atoms with E-state index in [1.165, 1.54) is 0 Å². The third-order valence-corrected chi connectivity index (χ3v) is 3.61. The lowest BCUT2D eigenvalue weighted by atomic mass is 10.1. The third kappa shape index (κ3) is 2.79. The number of ether oxygens (including phenoxy) is 2. The van der Waals surface area contributed by atoms with Gasteiger partial charge in [0.2, 0.25) is 0 Å². The lowest BCUT2D eigenvalue weighted by Gasteiger charge is -2.21. The molecular formula is C15H13Cl2NO2. The fraction of sp³-hybridized carbons (Fsp3) is 0.200. The molecule has 0 aromatic heterocycles. The zero-order chi connectivity index (χ0) is 13.9. The number of fused-ring (bicyclic) bond motifs is 1. The van der Waals surface area contributed by atoms with E-state index in [1.807, 2.05) is 18.2 Å². The standard InChI is InChI=1S/C15H13Cl2NO2/c16-11-4-5-12(17)13(8-11)18-9-10-2-1-3-14-15(10)20-7-6-19-14/h1-5,8,18H,6-7,9H2. The summed E-state index contributed by atoms with van der Waals surface area (Å²) >= 11 is 12.1. The van der Waals surface area contributed by atoms with Gasteiger partial charge in [-0.3, -0.25) is 0 Å². The molecule has 0 spiro atoms. The van der Waals surface area contributed by atoms with Crippen LogP contribution in [0.2, 0.25) is 10.0 Å². The highest BCUT2D eigenvalue weighted by atomic mass is 35.5. The molecule has 1 aliphatic rings. The van der Waals surface area contributed by atoms with Crippen molar-refractivity contribution in [3.8, 4) is 11.5 Å². The van der Waals surface area contributed by atoms with Gasteiger partial charge in [-0.15, -0.1) is 0 Å². The summed E-state index contributed by atoms with van der Waals surface area (Å²) in [6, 6.07) is 11.2. The van der Waals surface area contributed by atoms with E-state index < -0.39 is 0 Å². The molecule has 3 nitrogen and oxygen atoms in total. The van der Waals surface area contributed by atoms with Gasteiger partial charge in [0, 0.05) is 17.1 Å². The molecule has 0 amide bonds. The van der Waals surface area contributed by atoms with Crippen molar-refractivity contribution in [2.75, 3.05) is 18.5 Å². The molecule has 104 valence electrons. The van der Waals surface area contributed by atoms with E-state index in [2.05, 4.69) is 5.32 Å². The molecule has 0 unspecified atom stereocenters. The maximum Gasteiger partial charge on any atom is 0.166 e. The second-order valence-corrected chi connectivity index (χ2v) is 5.26. The summed E-state index contributed by atoms with van der Waals surface area (Å²) in [5.74, 6) is 1.58. The quantitative estimate of drug-likeness (QED) is 0.913. The van der Waals surface area contributed by atoms with Crippen molar-refractivity contribution in [3.05, 3.63) is 52.0 Å². The number of hydrogen-bond donors (Lipinski definition) is 1. The molecule has 1 heterocycles. The van der Waals surface area contributed by atoms with Gasteiger partial charge in [0.1, 0.15) is 13.2 Å². The second kappa shape index (κ2) is 5.81. The SMILES string of the molecule is Clc1ccc(Cl)c(NCc2cccc3c2OCCO3)c1. The molecule has 0 saturated heterocycles. The van der Waals surface area contributed by atoms with Crippen LogP contribution in [0.4, 0.5) is 5.69 Å². The Morgan fingerprint density at radius 3 is 2.80 bits per heavy atom. The first-order chi connectivity index (χ1) is 9.74. The van der Waals surface area contributed by atoms with Gasteiger partial charge in [0.05, 0.1) is 10.7 Å². The summed E-state index contributed by atoms with van der Waals surface area (Å²) in [7, 11) is 0. The molecule has 0 aliphatic carbocycles. The monoisotopic (exact) mass is 309 g/mol. The summed E-state index contributed by atoms with van der Waals surface area (Å²) in [6.45, 7) is 1.75. The van der Waals surface area contributed by atoms with Crippen LogP contribution in [-0.2, 0) is 6.54 Å². The van der Waals surface area contributed by atoms with Crippen molar-refractivity contribution < 1.29 is 9.47 Å². The van der Waals surface area contributed by atoms with E-state index in [-0.39, 0.29) is 0 Å². The van der Waals surface area contributed by atoms with Crippen molar-refractivity contribution in [1.29, 1.82) is 0 Å². The highest BCUT2D eigenvalue weighted by molar-refractivity contribution is 6.35. The van der Waals surface area contributed by atoms with Gasteiger partial charge in [0.15, 0.2) is 11.5 Å². The maximum absolute atomic E-state index is 6.13. The predicted octanol–water partition coefficient (Wildman–Crippen LogP) is 4.38. The van der Waals surface area contributed by atoms with E-state index in [4.69, 9.17) is 32.7 Å². The number of anilines is 1. The van der Waals surface area contributed by atoms with Crippen molar-refractivity contribution in [1.82, 2.24) is 0 Å². The topological polar surface area (TPSA) is 30.5 Å². The molecule has 5 heteroatoms. The molecule has 0 fully saturated rings. The zero-order valence-electron chi connectivity index (χ0n) is 10.7. The highest BCUT2D eigenvalue weighted by Crippen LogP contribution is 2.34. The van der Waals surface area contributed by atoms with Crippen LogP contribution in [0.25, 0.3) is 0 Å². The van der Waals surface area contributed by atoms with Crippen molar-refractivity contribution in [3.63, 3.8) is 0 Å². The number of benzene rings is 2. The Morgan fingerprint density at radius 2 is 1.90 bits per heavy atom. The van der Waals surface area contributed by atoms with Crippen molar-refractivity contribution in [2.24, 2.45) is 0 Å². The Balaban J connectivity index is 1.80. The largest absolute Gasteiger partial charge is 0.486 e. The Labute approximate surface area is 127 Å². The molecule has 0 radical (unpaired) electrons. The fourth-order valence-electron chi connectivity index (χ4n) is 2.10. The van der Waals surface area contributed by atoms with Crippen molar-refractivity contribution >= 4 is 28.9 Å². The zero-order valence-corrected chi connectivity index (χ0v) is 12.2. The number of rotatable bonds is 3. The van der Waals surface area contributed by atoms with Gasteiger partial charge in [-0.05, 0) is 24.3 Å². The molecule has 2 aromatic carbocycles. The van der Waals surface area contributed by atoms with E-state index in [9.17, 15) is 0 Å². The number of hydrogen-bond acceptors (Lipinski definition) is 3. The van der Waals surface area contributed by atoms with Crippen LogP contribution < -0.4 is 14.8 Å². The molecule has 1 N–H and O–H groups in total. The van der Waals surface area contributed by atoms with Crippen LogP contribution in [0, 0.1) is 0 Å². The molecule has 2 aromatic rings.